The molecule has 0 fully saturated rings. The van der Waals surface area contributed by atoms with Crippen LogP contribution in [0.2, 0.25) is 5.02 Å². The van der Waals surface area contributed by atoms with Crippen LogP contribution in [0.4, 0.5) is 0 Å². The van der Waals surface area contributed by atoms with Gasteiger partial charge in [-0.15, -0.1) is 0 Å². The molecular weight excluding hydrogens is 440 g/mol. The first-order valence-electron chi connectivity index (χ1n) is 5.91. The number of aromatic nitrogens is 2. The molecule has 0 aliphatic heterocycles. The quantitative estimate of drug-likeness (QED) is 0.701. The van der Waals surface area contributed by atoms with Crippen molar-refractivity contribution in [2.45, 2.75) is 19.5 Å². The maximum absolute atomic E-state index is 6.13. The summed E-state index contributed by atoms with van der Waals surface area (Å²) in [6.45, 7) is 2.91. The second-order valence-electron chi connectivity index (χ2n) is 4.08. The Morgan fingerprint density at radius 3 is 2.89 bits per heavy atom. The van der Waals surface area contributed by atoms with Gasteiger partial charge in [0.1, 0.15) is 0 Å². The molecule has 2 aromatic rings. The van der Waals surface area contributed by atoms with E-state index in [0.29, 0.717) is 0 Å². The Morgan fingerprint density at radius 1 is 1.53 bits per heavy atom. The standard InChI is InChI=1S/C13H14BrClIN3/c1-3-19-13(10(14)7-18-19)12(17-2)9-6-8(15)4-5-11(9)16/h4-7,12,17H,3H2,1-2H3. The topological polar surface area (TPSA) is 29.9 Å². The van der Waals surface area contributed by atoms with E-state index in [4.69, 9.17) is 11.6 Å². The van der Waals surface area contributed by atoms with E-state index >= 15 is 0 Å². The molecule has 1 atom stereocenters. The number of nitrogens with zero attached hydrogens (tertiary/aromatic N) is 2. The molecule has 1 N–H and O–H groups in total. The first-order chi connectivity index (χ1) is 9.08. The Bertz CT molecular complexity index is 585. The average molecular weight is 455 g/mol. The minimum Gasteiger partial charge on any atom is -0.308 e. The lowest BCUT2D eigenvalue weighted by Gasteiger charge is -2.20. The molecule has 6 heteroatoms. The molecule has 3 nitrogen and oxygen atoms in total. The molecule has 0 aliphatic carbocycles. The van der Waals surface area contributed by atoms with E-state index in [-0.39, 0.29) is 6.04 Å². The number of aryl methyl sites for hydroxylation is 1. The van der Waals surface area contributed by atoms with Gasteiger partial charge in [0.2, 0.25) is 0 Å². The van der Waals surface area contributed by atoms with Crippen LogP contribution in [0.3, 0.4) is 0 Å². The number of rotatable bonds is 4. The fraction of sp³-hybridized carbons (Fsp3) is 0.308. The Morgan fingerprint density at radius 2 is 2.26 bits per heavy atom. The summed E-state index contributed by atoms with van der Waals surface area (Å²) in [5, 5.41) is 8.47. The summed E-state index contributed by atoms with van der Waals surface area (Å²) in [6.07, 6.45) is 1.83. The number of hydrogen-bond donors (Lipinski definition) is 1. The lowest BCUT2D eigenvalue weighted by Crippen LogP contribution is -2.22. The molecular formula is C13H14BrClIN3. The third kappa shape index (κ3) is 3.15. The average Bonchev–Trinajstić information content (AvgIpc) is 2.76. The summed E-state index contributed by atoms with van der Waals surface area (Å²) in [6, 6.07) is 6.00. The van der Waals surface area contributed by atoms with Gasteiger partial charge in [-0.2, -0.15) is 5.10 Å². The molecule has 0 spiro atoms. The fourth-order valence-electron chi connectivity index (χ4n) is 2.09. The summed E-state index contributed by atoms with van der Waals surface area (Å²) in [5.74, 6) is 0. The third-order valence-electron chi connectivity index (χ3n) is 2.96. The SMILES string of the molecule is CCn1ncc(Br)c1C(NC)c1cc(Cl)ccc1I. The van der Waals surface area contributed by atoms with Crippen molar-refractivity contribution in [3.8, 4) is 0 Å². The zero-order valence-electron chi connectivity index (χ0n) is 10.6. The lowest BCUT2D eigenvalue weighted by atomic mass is 10.0. The highest BCUT2D eigenvalue weighted by Gasteiger charge is 2.22. The van der Waals surface area contributed by atoms with Gasteiger partial charge in [0.05, 0.1) is 22.4 Å². The predicted molar refractivity (Wildman–Crippen MR) is 90.7 cm³/mol. The molecule has 1 aromatic carbocycles. The van der Waals surface area contributed by atoms with Crippen molar-refractivity contribution in [3.63, 3.8) is 0 Å². The largest absolute Gasteiger partial charge is 0.308 e. The van der Waals surface area contributed by atoms with Gasteiger partial charge in [-0.05, 0) is 76.3 Å². The van der Waals surface area contributed by atoms with Crippen molar-refractivity contribution in [3.05, 3.63) is 48.7 Å². The van der Waals surface area contributed by atoms with Gasteiger partial charge in [0.15, 0.2) is 0 Å². The minimum absolute atomic E-state index is 0.0578. The third-order valence-corrected chi connectivity index (χ3v) is 4.79. The van der Waals surface area contributed by atoms with Crippen LogP contribution >= 0.6 is 50.1 Å². The van der Waals surface area contributed by atoms with Crippen LogP contribution in [0.25, 0.3) is 0 Å². The highest BCUT2D eigenvalue weighted by molar-refractivity contribution is 14.1. The maximum Gasteiger partial charge on any atom is 0.0768 e. The molecule has 1 aromatic heterocycles. The van der Waals surface area contributed by atoms with Gasteiger partial charge in [-0.1, -0.05) is 11.6 Å². The van der Waals surface area contributed by atoms with E-state index in [0.717, 1.165) is 27.3 Å². The summed E-state index contributed by atoms with van der Waals surface area (Å²) in [4.78, 5) is 0. The van der Waals surface area contributed by atoms with E-state index in [9.17, 15) is 0 Å². The van der Waals surface area contributed by atoms with Crippen LogP contribution in [0, 0.1) is 3.57 Å². The molecule has 0 saturated heterocycles. The molecule has 19 heavy (non-hydrogen) atoms. The zero-order chi connectivity index (χ0) is 14.0. The number of halogens is 3. The van der Waals surface area contributed by atoms with Crippen LogP contribution in [-0.4, -0.2) is 16.8 Å². The Hall–Kier alpha value is -0.110. The van der Waals surface area contributed by atoms with E-state index in [1.54, 1.807) is 0 Å². The van der Waals surface area contributed by atoms with Crippen molar-refractivity contribution in [1.29, 1.82) is 0 Å². The van der Waals surface area contributed by atoms with Gasteiger partial charge < -0.3 is 5.32 Å². The number of nitrogens with one attached hydrogen (secondary N) is 1. The summed E-state index contributed by atoms with van der Waals surface area (Å²) in [5.41, 5.74) is 2.27. The van der Waals surface area contributed by atoms with Crippen LogP contribution in [0.1, 0.15) is 24.2 Å². The molecule has 0 saturated carbocycles. The zero-order valence-corrected chi connectivity index (χ0v) is 15.1. The van der Waals surface area contributed by atoms with Crippen molar-refractivity contribution in [2.75, 3.05) is 7.05 Å². The Balaban J connectivity index is 2.56. The highest BCUT2D eigenvalue weighted by Crippen LogP contribution is 2.32. The van der Waals surface area contributed by atoms with Crippen molar-refractivity contribution in [2.24, 2.45) is 0 Å². The van der Waals surface area contributed by atoms with E-state index < -0.39 is 0 Å². The van der Waals surface area contributed by atoms with Crippen LogP contribution in [-0.2, 0) is 6.54 Å². The Labute approximate surface area is 140 Å². The van der Waals surface area contributed by atoms with E-state index in [1.165, 1.54) is 3.57 Å². The van der Waals surface area contributed by atoms with E-state index in [1.807, 2.05) is 36.1 Å². The summed E-state index contributed by atoms with van der Waals surface area (Å²) >= 11 is 12.0. The molecule has 0 aliphatic rings. The molecule has 0 bridgehead atoms. The lowest BCUT2D eigenvalue weighted by molar-refractivity contribution is 0.560. The van der Waals surface area contributed by atoms with Crippen molar-refractivity contribution >= 4 is 50.1 Å². The first-order valence-corrected chi connectivity index (χ1v) is 8.16. The van der Waals surface area contributed by atoms with Crippen LogP contribution in [0.5, 0.6) is 0 Å². The van der Waals surface area contributed by atoms with Crippen LogP contribution < -0.4 is 5.32 Å². The van der Waals surface area contributed by atoms with Gasteiger partial charge >= 0.3 is 0 Å². The molecule has 1 unspecified atom stereocenters. The highest BCUT2D eigenvalue weighted by atomic mass is 127. The van der Waals surface area contributed by atoms with Gasteiger partial charge in [-0.25, -0.2) is 0 Å². The Kier molecular flexibility index (Phi) is 5.28. The second-order valence-corrected chi connectivity index (χ2v) is 6.53. The normalized spacial score (nSPS) is 12.7. The second kappa shape index (κ2) is 6.56. The number of benzene rings is 1. The predicted octanol–water partition coefficient (Wildman–Crippen LogP) is 4.23. The van der Waals surface area contributed by atoms with Gasteiger partial charge in [0, 0.05) is 15.1 Å². The maximum atomic E-state index is 6.13. The summed E-state index contributed by atoms with van der Waals surface area (Å²) in [7, 11) is 1.95. The fourth-order valence-corrected chi connectivity index (χ4v) is 3.44. The van der Waals surface area contributed by atoms with Gasteiger partial charge in [0.25, 0.3) is 0 Å². The monoisotopic (exact) mass is 453 g/mol. The molecule has 0 amide bonds. The summed E-state index contributed by atoms with van der Waals surface area (Å²) < 4.78 is 4.17. The van der Waals surface area contributed by atoms with Gasteiger partial charge in [-0.3, -0.25) is 4.68 Å². The number of hydrogen-bond acceptors (Lipinski definition) is 2. The van der Waals surface area contributed by atoms with E-state index in [2.05, 4.69) is 55.9 Å². The molecule has 0 radical (unpaired) electrons. The molecule has 102 valence electrons. The van der Waals surface area contributed by atoms with Crippen molar-refractivity contribution < 1.29 is 0 Å². The van der Waals surface area contributed by atoms with Crippen LogP contribution in [0.15, 0.2) is 28.9 Å². The van der Waals surface area contributed by atoms with Crippen molar-refractivity contribution in [1.82, 2.24) is 15.1 Å². The minimum atomic E-state index is 0.0578. The molecule has 1 heterocycles. The smallest absolute Gasteiger partial charge is 0.0768 e. The first kappa shape index (κ1) is 15.3. The molecule has 2 rings (SSSR count).